The van der Waals surface area contributed by atoms with Crippen LogP contribution in [0.4, 0.5) is 10.1 Å². The highest BCUT2D eigenvalue weighted by Gasteiger charge is 2.12. The van der Waals surface area contributed by atoms with E-state index in [1.54, 1.807) is 0 Å². The Morgan fingerprint density at radius 1 is 1.14 bits per heavy atom. The molecule has 0 spiro atoms. The second-order valence-electron chi connectivity index (χ2n) is 5.36. The van der Waals surface area contributed by atoms with Crippen molar-refractivity contribution in [3.63, 3.8) is 0 Å². The van der Waals surface area contributed by atoms with E-state index in [0.717, 1.165) is 19.0 Å². The zero-order chi connectivity index (χ0) is 15.4. The molecule has 0 aliphatic heterocycles. The molecule has 1 aliphatic rings. The standard InChI is InChI=1S/C18H17FN2O/c19-17-12-20-11-10-16(17)18(22)21-15-8-6-14(7-9-15)13-4-2-1-3-5-13/h4,6-12H,1-3,5H2,(H,21,22). The number of amides is 1. The third-order valence-corrected chi connectivity index (χ3v) is 3.82. The maximum Gasteiger partial charge on any atom is 0.258 e. The summed E-state index contributed by atoms with van der Waals surface area (Å²) in [5.41, 5.74) is 3.20. The lowest BCUT2D eigenvalue weighted by atomic mass is 9.94. The van der Waals surface area contributed by atoms with Crippen molar-refractivity contribution in [3.8, 4) is 0 Å². The molecule has 0 unspecified atom stereocenters. The van der Waals surface area contributed by atoms with Gasteiger partial charge in [0, 0.05) is 11.9 Å². The van der Waals surface area contributed by atoms with Crippen LogP contribution in [0.2, 0.25) is 0 Å². The lowest BCUT2D eigenvalue weighted by Gasteiger charge is -2.13. The van der Waals surface area contributed by atoms with Crippen LogP contribution in [-0.2, 0) is 0 Å². The lowest BCUT2D eigenvalue weighted by Crippen LogP contribution is -2.13. The molecule has 1 aromatic heterocycles. The number of nitrogens with zero attached hydrogens (tertiary/aromatic N) is 1. The summed E-state index contributed by atoms with van der Waals surface area (Å²) in [5.74, 6) is -1.09. The molecular weight excluding hydrogens is 279 g/mol. The molecule has 1 aromatic carbocycles. The average molecular weight is 296 g/mol. The van der Waals surface area contributed by atoms with Gasteiger partial charge in [0.05, 0.1) is 11.8 Å². The predicted octanol–water partition coefficient (Wildman–Crippen LogP) is 4.43. The van der Waals surface area contributed by atoms with Gasteiger partial charge < -0.3 is 5.32 Å². The number of rotatable bonds is 3. The first kappa shape index (κ1) is 14.4. The number of aromatic nitrogens is 1. The highest BCUT2D eigenvalue weighted by molar-refractivity contribution is 6.04. The van der Waals surface area contributed by atoms with Crippen LogP contribution in [0.5, 0.6) is 0 Å². The minimum Gasteiger partial charge on any atom is -0.322 e. The van der Waals surface area contributed by atoms with E-state index in [1.165, 1.54) is 36.2 Å². The van der Waals surface area contributed by atoms with E-state index < -0.39 is 11.7 Å². The van der Waals surface area contributed by atoms with Crippen LogP contribution >= 0.6 is 0 Å². The van der Waals surface area contributed by atoms with Gasteiger partial charge in [-0.3, -0.25) is 9.78 Å². The first-order chi connectivity index (χ1) is 10.7. The molecule has 0 fully saturated rings. The predicted molar refractivity (Wildman–Crippen MR) is 85.0 cm³/mol. The van der Waals surface area contributed by atoms with Crippen LogP contribution < -0.4 is 5.32 Å². The van der Waals surface area contributed by atoms with E-state index in [9.17, 15) is 9.18 Å². The summed E-state index contributed by atoms with van der Waals surface area (Å²) in [6.45, 7) is 0. The molecule has 4 heteroatoms. The van der Waals surface area contributed by atoms with E-state index in [2.05, 4.69) is 16.4 Å². The summed E-state index contributed by atoms with van der Waals surface area (Å²) in [6, 6.07) is 9.06. The molecule has 3 nitrogen and oxygen atoms in total. The van der Waals surface area contributed by atoms with Crippen molar-refractivity contribution in [1.29, 1.82) is 0 Å². The van der Waals surface area contributed by atoms with Crippen LogP contribution in [0.3, 0.4) is 0 Å². The minimum absolute atomic E-state index is 0.00550. The highest BCUT2D eigenvalue weighted by Crippen LogP contribution is 2.27. The molecule has 0 radical (unpaired) electrons. The quantitative estimate of drug-likeness (QED) is 0.910. The second-order valence-corrected chi connectivity index (χ2v) is 5.36. The Morgan fingerprint density at radius 3 is 2.64 bits per heavy atom. The Labute approximate surface area is 128 Å². The number of pyridine rings is 1. The Bertz CT molecular complexity index is 707. The van der Waals surface area contributed by atoms with Gasteiger partial charge in [-0.15, -0.1) is 0 Å². The summed E-state index contributed by atoms with van der Waals surface area (Å²) in [6.07, 6.45) is 9.44. The number of hydrogen-bond donors (Lipinski definition) is 1. The van der Waals surface area contributed by atoms with Gasteiger partial charge in [-0.25, -0.2) is 4.39 Å². The van der Waals surface area contributed by atoms with Crippen LogP contribution in [0.1, 0.15) is 41.6 Å². The van der Waals surface area contributed by atoms with Gasteiger partial charge in [-0.1, -0.05) is 18.2 Å². The molecule has 0 atom stereocenters. The van der Waals surface area contributed by atoms with E-state index in [1.807, 2.05) is 24.3 Å². The number of allylic oxidation sites excluding steroid dienone is 2. The summed E-state index contributed by atoms with van der Waals surface area (Å²) >= 11 is 0. The van der Waals surface area contributed by atoms with Gasteiger partial charge in [0.25, 0.3) is 5.91 Å². The molecule has 0 bridgehead atoms. The molecule has 1 N–H and O–H groups in total. The fraction of sp³-hybridized carbons (Fsp3) is 0.222. The largest absolute Gasteiger partial charge is 0.322 e. The first-order valence-corrected chi connectivity index (χ1v) is 7.44. The van der Waals surface area contributed by atoms with Crippen molar-refractivity contribution >= 4 is 17.2 Å². The smallest absolute Gasteiger partial charge is 0.258 e. The number of anilines is 1. The van der Waals surface area contributed by atoms with Crippen molar-refractivity contribution in [2.45, 2.75) is 25.7 Å². The van der Waals surface area contributed by atoms with Crippen LogP contribution in [0.15, 0.2) is 48.8 Å². The molecule has 0 saturated carbocycles. The first-order valence-electron chi connectivity index (χ1n) is 7.44. The van der Waals surface area contributed by atoms with Gasteiger partial charge in [0.2, 0.25) is 0 Å². The van der Waals surface area contributed by atoms with Crippen molar-refractivity contribution in [2.24, 2.45) is 0 Å². The summed E-state index contributed by atoms with van der Waals surface area (Å²) in [4.78, 5) is 15.7. The fourth-order valence-corrected chi connectivity index (χ4v) is 2.63. The van der Waals surface area contributed by atoms with Gasteiger partial charge in [0.1, 0.15) is 0 Å². The molecule has 2 aromatic rings. The zero-order valence-electron chi connectivity index (χ0n) is 12.2. The topological polar surface area (TPSA) is 42.0 Å². The summed E-state index contributed by atoms with van der Waals surface area (Å²) < 4.78 is 13.5. The Hall–Kier alpha value is -2.49. The van der Waals surface area contributed by atoms with Crippen molar-refractivity contribution < 1.29 is 9.18 Å². The van der Waals surface area contributed by atoms with Gasteiger partial charge in [-0.05, 0) is 55.0 Å². The van der Waals surface area contributed by atoms with E-state index in [4.69, 9.17) is 0 Å². The van der Waals surface area contributed by atoms with Crippen molar-refractivity contribution in [1.82, 2.24) is 4.98 Å². The maximum absolute atomic E-state index is 13.5. The molecule has 22 heavy (non-hydrogen) atoms. The number of nitrogens with one attached hydrogen (secondary N) is 1. The van der Waals surface area contributed by atoms with Gasteiger partial charge >= 0.3 is 0 Å². The van der Waals surface area contributed by atoms with Crippen molar-refractivity contribution in [3.05, 3.63) is 65.7 Å². The van der Waals surface area contributed by atoms with Gasteiger partial charge in [0.15, 0.2) is 5.82 Å². The fourth-order valence-electron chi connectivity index (χ4n) is 2.63. The molecule has 1 aliphatic carbocycles. The molecule has 0 saturated heterocycles. The van der Waals surface area contributed by atoms with Crippen LogP contribution in [-0.4, -0.2) is 10.9 Å². The Kier molecular flexibility index (Phi) is 4.28. The minimum atomic E-state index is -0.621. The summed E-state index contributed by atoms with van der Waals surface area (Å²) in [7, 11) is 0. The Balaban J connectivity index is 1.72. The molecular formula is C18H17FN2O. The molecule has 3 rings (SSSR count). The molecule has 1 heterocycles. The number of carbonyl (C=O) groups excluding carboxylic acids is 1. The third kappa shape index (κ3) is 3.22. The third-order valence-electron chi connectivity index (χ3n) is 3.82. The summed E-state index contributed by atoms with van der Waals surface area (Å²) in [5, 5.41) is 2.70. The SMILES string of the molecule is O=C(Nc1ccc(C2=CCCCC2)cc1)c1ccncc1F. The second kappa shape index (κ2) is 6.52. The van der Waals surface area contributed by atoms with E-state index in [-0.39, 0.29) is 5.56 Å². The number of benzene rings is 1. The molecule has 112 valence electrons. The van der Waals surface area contributed by atoms with E-state index in [0.29, 0.717) is 5.69 Å². The lowest BCUT2D eigenvalue weighted by molar-refractivity contribution is 0.102. The van der Waals surface area contributed by atoms with Crippen molar-refractivity contribution in [2.75, 3.05) is 5.32 Å². The number of halogens is 1. The number of hydrogen-bond acceptors (Lipinski definition) is 2. The zero-order valence-corrected chi connectivity index (χ0v) is 12.2. The van der Waals surface area contributed by atoms with Crippen LogP contribution in [0, 0.1) is 5.82 Å². The molecule has 1 amide bonds. The average Bonchev–Trinajstić information content (AvgIpc) is 2.57. The Morgan fingerprint density at radius 2 is 1.95 bits per heavy atom. The van der Waals surface area contributed by atoms with E-state index >= 15 is 0 Å². The van der Waals surface area contributed by atoms with Crippen LogP contribution in [0.25, 0.3) is 5.57 Å². The van der Waals surface area contributed by atoms with Gasteiger partial charge in [-0.2, -0.15) is 0 Å². The monoisotopic (exact) mass is 296 g/mol. The normalized spacial score (nSPS) is 14.3. The maximum atomic E-state index is 13.5. The highest BCUT2D eigenvalue weighted by atomic mass is 19.1. The number of carbonyl (C=O) groups is 1.